The summed E-state index contributed by atoms with van der Waals surface area (Å²) in [7, 11) is 0. The van der Waals surface area contributed by atoms with Gasteiger partial charge in [0.05, 0.1) is 6.54 Å². The van der Waals surface area contributed by atoms with Crippen LogP contribution in [-0.2, 0) is 4.79 Å². The van der Waals surface area contributed by atoms with Gasteiger partial charge in [-0.1, -0.05) is 36.7 Å². The van der Waals surface area contributed by atoms with Crippen LogP contribution in [0.2, 0.25) is 0 Å². The molecule has 0 aromatic heterocycles. The summed E-state index contributed by atoms with van der Waals surface area (Å²) in [5.41, 5.74) is -0.600. The highest BCUT2D eigenvalue weighted by molar-refractivity contribution is 9.09. The van der Waals surface area contributed by atoms with Crippen LogP contribution in [0.15, 0.2) is 0 Å². The summed E-state index contributed by atoms with van der Waals surface area (Å²) in [6.45, 7) is 5.01. The van der Waals surface area contributed by atoms with Gasteiger partial charge in [-0.05, 0) is 0 Å². The smallest absolute Gasteiger partial charge is 0.255 e. The molecule has 0 N–H and O–H groups in total. The fraction of sp³-hybridized carbons (Fsp3) is 0.889. The Morgan fingerprint density at radius 2 is 1.93 bits per heavy atom. The van der Waals surface area contributed by atoms with Crippen molar-refractivity contribution in [3.63, 3.8) is 0 Å². The Hall–Kier alpha value is -0.190. The summed E-state index contributed by atoms with van der Waals surface area (Å²) in [6.07, 6.45) is -2.47. The molecule has 0 unspecified atom stereocenters. The van der Waals surface area contributed by atoms with Gasteiger partial charge >= 0.3 is 0 Å². The van der Waals surface area contributed by atoms with Crippen LogP contribution >= 0.6 is 15.9 Å². The largest absolute Gasteiger partial charge is 0.336 e. The summed E-state index contributed by atoms with van der Waals surface area (Å²) < 4.78 is 24.3. The van der Waals surface area contributed by atoms with Gasteiger partial charge in [0.1, 0.15) is 0 Å². The molecular formula is C9H16BrF2NO. The van der Waals surface area contributed by atoms with Crippen molar-refractivity contribution < 1.29 is 13.6 Å². The van der Waals surface area contributed by atoms with E-state index in [1.165, 1.54) is 4.90 Å². The van der Waals surface area contributed by atoms with Crippen LogP contribution in [-0.4, -0.2) is 35.7 Å². The molecule has 0 aromatic carbocycles. The first kappa shape index (κ1) is 13.8. The van der Waals surface area contributed by atoms with Gasteiger partial charge in [-0.15, -0.1) is 0 Å². The quantitative estimate of drug-likeness (QED) is 0.720. The van der Waals surface area contributed by atoms with Gasteiger partial charge in [-0.3, -0.25) is 4.79 Å². The minimum atomic E-state index is -2.47. The number of rotatable bonds is 4. The highest BCUT2D eigenvalue weighted by atomic mass is 79.9. The first-order valence-electron chi connectivity index (χ1n) is 4.42. The lowest BCUT2D eigenvalue weighted by molar-refractivity contribution is -0.141. The standard InChI is InChI=1S/C9H16BrF2NO/c1-9(2,3)8(14)13(5-4-10)6-7(11)12/h7H,4-6H2,1-3H3. The normalized spacial score (nSPS) is 11.9. The summed E-state index contributed by atoms with van der Waals surface area (Å²) >= 11 is 3.14. The second-order valence-electron chi connectivity index (χ2n) is 4.08. The summed E-state index contributed by atoms with van der Waals surface area (Å²) in [6, 6.07) is 0. The van der Waals surface area contributed by atoms with Crippen molar-refractivity contribution in [1.82, 2.24) is 4.90 Å². The molecule has 0 saturated carbocycles. The summed E-state index contributed by atoms with van der Waals surface area (Å²) in [4.78, 5) is 12.9. The van der Waals surface area contributed by atoms with E-state index in [-0.39, 0.29) is 5.91 Å². The van der Waals surface area contributed by atoms with Crippen LogP contribution in [0.25, 0.3) is 0 Å². The van der Waals surface area contributed by atoms with Crippen molar-refractivity contribution >= 4 is 21.8 Å². The lowest BCUT2D eigenvalue weighted by Gasteiger charge is -2.28. The van der Waals surface area contributed by atoms with Crippen molar-refractivity contribution in [2.75, 3.05) is 18.4 Å². The Morgan fingerprint density at radius 3 is 2.21 bits per heavy atom. The van der Waals surface area contributed by atoms with Crippen LogP contribution in [0.4, 0.5) is 8.78 Å². The Morgan fingerprint density at radius 1 is 1.43 bits per heavy atom. The maximum atomic E-state index is 12.1. The predicted molar refractivity (Wildman–Crippen MR) is 55.8 cm³/mol. The molecular weight excluding hydrogens is 256 g/mol. The molecule has 0 heterocycles. The van der Waals surface area contributed by atoms with Gasteiger partial charge in [-0.25, -0.2) is 8.78 Å². The zero-order valence-electron chi connectivity index (χ0n) is 8.69. The number of halogens is 3. The Labute approximate surface area is 91.8 Å². The molecule has 0 bridgehead atoms. The average Bonchev–Trinajstić information content (AvgIpc) is 2.00. The number of amides is 1. The third-order valence-corrected chi connectivity index (χ3v) is 2.00. The van der Waals surface area contributed by atoms with Crippen LogP contribution < -0.4 is 0 Å². The average molecular weight is 272 g/mol. The number of carbonyl (C=O) groups excluding carboxylic acids is 1. The molecule has 1 amide bonds. The molecule has 0 spiro atoms. The molecule has 0 radical (unpaired) electrons. The van der Waals surface area contributed by atoms with E-state index in [4.69, 9.17) is 0 Å². The first-order valence-corrected chi connectivity index (χ1v) is 5.54. The Kier molecular flexibility index (Phi) is 5.56. The molecule has 0 fully saturated rings. The van der Waals surface area contributed by atoms with Crippen molar-refractivity contribution in [3.05, 3.63) is 0 Å². The van der Waals surface area contributed by atoms with E-state index >= 15 is 0 Å². The molecule has 0 aromatic rings. The van der Waals surface area contributed by atoms with Gasteiger partial charge in [0.2, 0.25) is 5.91 Å². The molecule has 14 heavy (non-hydrogen) atoms. The Bertz CT molecular complexity index is 192. The SMILES string of the molecule is CC(C)(C)C(=O)N(CCBr)CC(F)F. The maximum absolute atomic E-state index is 12.1. The van der Waals surface area contributed by atoms with E-state index in [9.17, 15) is 13.6 Å². The van der Waals surface area contributed by atoms with Crippen LogP contribution in [0.3, 0.4) is 0 Å². The first-order chi connectivity index (χ1) is 6.29. The van der Waals surface area contributed by atoms with E-state index < -0.39 is 18.4 Å². The molecule has 5 heteroatoms. The molecule has 2 nitrogen and oxygen atoms in total. The van der Waals surface area contributed by atoms with E-state index in [1.807, 2.05) is 0 Å². The van der Waals surface area contributed by atoms with Gasteiger partial charge < -0.3 is 4.90 Å². The zero-order valence-corrected chi connectivity index (χ0v) is 10.3. The monoisotopic (exact) mass is 271 g/mol. The number of nitrogens with zero attached hydrogens (tertiary/aromatic N) is 1. The van der Waals surface area contributed by atoms with Gasteiger partial charge in [0.25, 0.3) is 6.43 Å². The molecule has 0 saturated heterocycles. The van der Waals surface area contributed by atoms with E-state index in [0.717, 1.165) is 0 Å². The third-order valence-electron chi connectivity index (χ3n) is 1.64. The lowest BCUT2D eigenvalue weighted by Crippen LogP contribution is -2.43. The van der Waals surface area contributed by atoms with Crippen molar-refractivity contribution in [2.24, 2.45) is 5.41 Å². The summed E-state index contributed by atoms with van der Waals surface area (Å²) in [5, 5.41) is 0.515. The van der Waals surface area contributed by atoms with E-state index in [1.54, 1.807) is 20.8 Å². The number of carbonyl (C=O) groups is 1. The fourth-order valence-electron chi connectivity index (χ4n) is 1.02. The molecule has 84 valence electrons. The summed E-state index contributed by atoms with van der Waals surface area (Å²) in [5.74, 6) is -0.239. The van der Waals surface area contributed by atoms with Crippen molar-refractivity contribution in [2.45, 2.75) is 27.2 Å². The highest BCUT2D eigenvalue weighted by Crippen LogP contribution is 2.18. The lowest BCUT2D eigenvalue weighted by atomic mass is 9.95. The van der Waals surface area contributed by atoms with Crippen LogP contribution in [0.1, 0.15) is 20.8 Å². The molecule has 0 rings (SSSR count). The minimum Gasteiger partial charge on any atom is -0.336 e. The molecule has 0 aliphatic carbocycles. The molecule has 0 atom stereocenters. The predicted octanol–water partition coefficient (Wildman–Crippen LogP) is 2.52. The van der Waals surface area contributed by atoms with Crippen molar-refractivity contribution in [1.29, 1.82) is 0 Å². The van der Waals surface area contributed by atoms with E-state index in [0.29, 0.717) is 11.9 Å². The fourth-order valence-corrected chi connectivity index (χ4v) is 1.45. The Balaban J connectivity index is 4.41. The zero-order chi connectivity index (χ0) is 11.4. The number of hydrogen-bond donors (Lipinski definition) is 0. The molecule has 0 aliphatic heterocycles. The van der Waals surface area contributed by atoms with Gasteiger partial charge in [-0.2, -0.15) is 0 Å². The van der Waals surface area contributed by atoms with Gasteiger partial charge in [0, 0.05) is 17.3 Å². The third kappa shape index (κ3) is 4.88. The second-order valence-corrected chi connectivity index (χ2v) is 4.87. The van der Waals surface area contributed by atoms with Crippen LogP contribution in [0.5, 0.6) is 0 Å². The minimum absolute atomic E-state index is 0.239. The second kappa shape index (κ2) is 5.63. The topological polar surface area (TPSA) is 20.3 Å². The number of alkyl halides is 3. The van der Waals surface area contributed by atoms with Crippen molar-refractivity contribution in [3.8, 4) is 0 Å². The highest BCUT2D eigenvalue weighted by Gasteiger charge is 2.28. The maximum Gasteiger partial charge on any atom is 0.255 e. The number of hydrogen-bond acceptors (Lipinski definition) is 1. The van der Waals surface area contributed by atoms with E-state index in [2.05, 4.69) is 15.9 Å². The van der Waals surface area contributed by atoms with Gasteiger partial charge in [0.15, 0.2) is 0 Å². The molecule has 0 aliphatic rings. The van der Waals surface area contributed by atoms with Crippen LogP contribution in [0, 0.1) is 5.41 Å².